The molecule has 3 heterocycles. The fourth-order valence-corrected chi connectivity index (χ4v) is 3.86. The van der Waals surface area contributed by atoms with Gasteiger partial charge in [0, 0.05) is 51.2 Å². The van der Waals surface area contributed by atoms with E-state index in [9.17, 15) is 4.79 Å². The van der Waals surface area contributed by atoms with Crippen LogP contribution in [0, 0.1) is 0 Å². The van der Waals surface area contributed by atoms with Crippen LogP contribution < -0.4 is 9.80 Å². The van der Waals surface area contributed by atoms with Gasteiger partial charge < -0.3 is 14.7 Å². The predicted molar refractivity (Wildman–Crippen MR) is 105 cm³/mol. The lowest BCUT2D eigenvalue weighted by molar-refractivity contribution is 0.0724. The summed E-state index contributed by atoms with van der Waals surface area (Å²) in [7, 11) is 0. The fourth-order valence-electron chi connectivity index (χ4n) is 3.86. The number of pyridine rings is 1. The van der Waals surface area contributed by atoms with Gasteiger partial charge in [-0.25, -0.2) is 0 Å². The van der Waals surface area contributed by atoms with Crippen molar-refractivity contribution in [1.29, 1.82) is 0 Å². The van der Waals surface area contributed by atoms with Gasteiger partial charge in [0.2, 0.25) is 0 Å². The first kappa shape index (κ1) is 16.9. The van der Waals surface area contributed by atoms with Gasteiger partial charge in [-0.05, 0) is 37.5 Å². The smallest absolute Gasteiger partial charge is 0.255 e. The van der Waals surface area contributed by atoms with Gasteiger partial charge in [0.25, 0.3) is 5.91 Å². The van der Waals surface area contributed by atoms with Crippen LogP contribution >= 0.6 is 0 Å². The van der Waals surface area contributed by atoms with Crippen molar-refractivity contribution in [2.45, 2.75) is 19.3 Å². The quantitative estimate of drug-likeness (QED) is 0.853. The first-order valence-electron chi connectivity index (χ1n) is 9.60. The highest BCUT2D eigenvalue weighted by atomic mass is 16.2. The van der Waals surface area contributed by atoms with Crippen LogP contribution in [0.4, 0.5) is 11.4 Å². The molecule has 5 heteroatoms. The summed E-state index contributed by atoms with van der Waals surface area (Å²) in [5.74, 6) is 0.127. The normalized spacial score (nSPS) is 18.1. The van der Waals surface area contributed by atoms with Crippen LogP contribution in [-0.2, 0) is 0 Å². The van der Waals surface area contributed by atoms with Crippen molar-refractivity contribution in [2.24, 2.45) is 0 Å². The second-order valence-corrected chi connectivity index (χ2v) is 7.09. The van der Waals surface area contributed by atoms with Crippen molar-refractivity contribution in [3.05, 3.63) is 54.4 Å². The fraction of sp³-hybridized carbons (Fsp3) is 0.429. The number of anilines is 2. The highest BCUT2D eigenvalue weighted by Crippen LogP contribution is 2.21. The van der Waals surface area contributed by atoms with Crippen LogP contribution in [0.5, 0.6) is 0 Å². The van der Waals surface area contributed by atoms with Crippen molar-refractivity contribution in [2.75, 3.05) is 49.1 Å². The Morgan fingerprint density at radius 3 is 2.12 bits per heavy atom. The average Bonchev–Trinajstić information content (AvgIpc) is 2.75. The van der Waals surface area contributed by atoms with E-state index in [4.69, 9.17) is 0 Å². The number of hydrogen-bond acceptors (Lipinski definition) is 4. The van der Waals surface area contributed by atoms with E-state index >= 15 is 0 Å². The number of amides is 1. The van der Waals surface area contributed by atoms with Crippen LogP contribution in [-0.4, -0.2) is 55.1 Å². The molecule has 1 aromatic carbocycles. The number of benzene rings is 1. The SMILES string of the molecule is O=C(c1cncc(N2CCN(c3ccccc3)CC2)c1)N1CCCCC1. The lowest BCUT2D eigenvalue weighted by Crippen LogP contribution is -2.46. The third kappa shape index (κ3) is 3.66. The maximum Gasteiger partial charge on any atom is 0.255 e. The summed E-state index contributed by atoms with van der Waals surface area (Å²) in [5, 5.41) is 0. The maximum atomic E-state index is 12.7. The van der Waals surface area contributed by atoms with Crippen LogP contribution in [0.2, 0.25) is 0 Å². The summed E-state index contributed by atoms with van der Waals surface area (Å²) >= 11 is 0. The Morgan fingerprint density at radius 2 is 1.42 bits per heavy atom. The molecule has 2 aliphatic heterocycles. The van der Waals surface area contributed by atoms with Gasteiger partial charge >= 0.3 is 0 Å². The number of para-hydroxylation sites is 1. The van der Waals surface area contributed by atoms with E-state index < -0.39 is 0 Å². The summed E-state index contributed by atoms with van der Waals surface area (Å²) < 4.78 is 0. The molecule has 2 aliphatic rings. The Labute approximate surface area is 155 Å². The van der Waals surface area contributed by atoms with E-state index in [2.05, 4.69) is 45.1 Å². The summed E-state index contributed by atoms with van der Waals surface area (Å²) in [6.07, 6.45) is 7.04. The van der Waals surface area contributed by atoms with Crippen LogP contribution in [0.25, 0.3) is 0 Å². The number of piperazine rings is 1. The number of rotatable bonds is 3. The number of likely N-dealkylation sites (tertiary alicyclic amines) is 1. The monoisotopic (exact) mass is 350 g/mol. The van der Waals surface area contributed by atoms with Gasteiger partial charge in [-0.2, -0.15) is 0 Å². The minimum Gasteiger partial charge on any atom is -0.368 e. The topological polar surface area (TPSA) is 39.7 Å². The molecule has 26 heavy (non-hydrogen) atoms. The second-order valence-electron chi connectivity index (χ2n) is 7.09. The molecule has 4 rings (SSSR count). The minimum absolute atomic E-state index is 0.127. The van der Waals surface area contributed by atoms with E-state index in [-0.39, 0.29) is 5.91 Å². The summed E-state index contributed by atoms with van der Waals surface area (Å²) in [5.41, 5.74) is 3.05. The van der Waals surface area contributed by atoms with Crippen LogP contribution in [0.3, 0.4) is 0 Å². The predicted octanol–water partition coefficient (Wildman–Crippen LogP) is 3.03. The summed E-state index contributed by atoms with van der Waals surface area (Å²) in [6.45, 7) is 5.59. The van der Waals surface area contributed by atoms with E-state index in [1.807, 2.05) is 17.2 Å². The summed E-state index contributed by atoms with van der Waals surface area (Å²) in [6, 6.07) is 12.6. The molecule has 0 spiro atoms. The molecule has 0 saturated carbocycles. The molecule has 2 saturated heterocycles. The van der Waals surface area contributed by atoms with Gasteiger partial charge in [0.1, 0.15) is 0 Å². The van der Waals surface area contributed by atoms with E-state index in [0.717, 1.165) is 63.4 Å². The number of aromatic nitrogens is 1. The number of piperidine rings is 1. The highest BCUT2D eigenvalue weighted by Gasteiger charge is 2.21. The third-order valence-corrected chi connectivity index (χ3v) is 5.38. The van der Waals surface area contributed by atoms with Gasteiger partial charge in [0.15, 0.2) is 0 Å². The molecule has 5 nitrogen and oxygen atoms in total. The first-order valence-corrected chi connectivity index (χ1v) is 9.60. The van der Waals surface area contributed by atoms with Gasteiger partial charge in [0.05, 0.1) is 17.4 Å². The van der Waals surface area contributed by atoms with Crippen molar-refractivity contribution in [3.8, 4) is 0 Å². The van der Waals surface area contributed by atoms with E-state index in [1.54, 1.807) is 6.20 Å². The lowest BCUT2D eigenvalue weighted by atomic mass is 10.1. The standard InChI is InChI=1S/C21H26N4O/c26-21(25-9-5-2-6-10-25)18-15-20(17-22-16-18)24-13-11-23(12-14-24)19-7-3-1-4-8-19/h1,3-4,7-8,15-17H,2,5-6,9-14H2. The zero-order valence-electron chi connectivity index (χ0n) is 15.2. The molecule has 2 fully saturated rings. The number of hydrogen-bond donors (Lipinski definition) is 0. The van der Waals surface area contributed by atoms with Gasteiger partial charge in [-0.1, -0.05) is 18.2 Å². The molecular weight excluding hydrogens is 324 g/mol. The highest BCUT2D eigenvalue weighted by molar-refractivity contribution is 5.94. The Morgan fingerprint density at radius 1 is 0.769 bits per heavy atom. The maximum absolute atomic E-state index is 12.7. The molecular formula is C21H26N4O. The first-order chi connectivity index (χ1) is 12.8. The van der Waals surface area contributed by atoms with Crippen molar-refractivity contribution >= 4 is 17.3 Å². The number of carbonyl (C=O) groups excluding carboxylic acids is 1. The molecule has 0 aliphatic carbocycles. The molecule has 0 bridgehead atoms. The Kier molecular flexibility index (Phi) is 5.04. The van der Waals surface area contributed by atoms with E-state index in [0.29, 0.717) is 0 Å². The van der Waals surface area contributed by atoms with Crippen molar-refractivity contribution < 1.29 is 4.79 Å². The van der Waals surface area contributed by atoms with E-state index in [1.165, 1.54) is 12.1 Å². The lowest BCUT2D eigenvalue weighted by Gasteiger charge is -2.37. The zero-order chi connectivity index (χ0) is 17.8. The summed E-state index contributed by atoms with van der Waals surface area (Å²) in [4.78, 5) is 23.8. The van der Waals surface area contributed by atoms with Crippen LogP contribution in [0.1, 0.15) is 29.6 Å². The van der Waals surface area contributed by atoms with Crippen molar-refractivity contribution in [3.63, 3.8) is 0 Å². The second kappa shape index (κ2) is 7.77. The Bertz CT molecular complexity index is 735. The molecule has 136 valence electrons. The molecule has 0 atom stereocenters. The zero-order valence-corrected chi connectivity index (χ0v) is 15.2. The molecule has 1 aromatic heterocycles. The van der Waals surface area contributed by atoms with Gasteiger partial charge in [-0.15, -0.1) is 0 Å². The van der Waals surface area contributed by atoms with Gasteiger partial charge in [-0.3, -0.25) is 9.78 Å². The third-order valence-electron chi connectivity index (χ3n) is 5.38. The number of carbonyl (C=O) groups is 1. The molecule has 0 unspecified atom stereocenters. The largest absolute Gasteiger partial charge is 0.368 e. The molecule has 0 radical (unpaired) electrons. The molecule has 0 N–H and O–H groups in total. The van der Waals surface area contributed by atoms with Crippen molar-refractivity contribution in [1.82, 2.24) is 9.88 Å². The molecule has 2 aromatic rings. The average molecular weight is 350 g/mol. The van der Waals surface area contributed by atoms with Crippen LogP contribution in [0.15, 0.2) is 48.8 Å². The molecule has 1 amide bonds. The Hall–Kier alpha value is -2.56. The Balaban J connectivity index is 1.42. The minimum atomic E-state index is 0.127. The number of nitrogens with zero attached hydrogens (tertiary/aromatic N) is 4.